The zero-order valence-corrected chi connectivity index (χ0v) is 15.0. The number of allylic oxidation sites excluding steroid dienone is 1. The zero-order chi connectivity index (χ0) is 19.3. The summed E-state index contributed by atoms with van der Waals surface area (Å²) in [4.78, 5) is 12.6. The molecule has 1 aliphatic carbocycles. The van der Waals surface area contributed by atoms with Crippen molar-refractivity contribution < 1.29 is 27.4 Å². The van der Waals surface area contributed by atoms with Gasteiger partial charge in [0, 0.05) is 17.2 Å². The van der Waals surface area contributed by atoms with Crippen LogP contribution in [0, 0.1) is 5.92 Å². The lowest BCUT2D eigenvalue weighted by Crippen LogP contribution is -2.41. The largest absolute Gasteiger partial charge is 0.493 e. The summed E-state index contributed by atoms with van der Waals surface area (Å²) in [7, 11) is 2.97. The van der Waals surface area contributed by atoms with Crippen molar-refractivity contribution in [3.8, 4) is 11.5 Å². The highest BCUT2D eigenvalue weighted by molar-refractivity contribution is 5.95. The molecule has 2 unspecified atom stereocenters. The third-order valence-electron chi connectivity index (χ3n) is 4.65. The maximum absolute atomic E-state index is 12.9. The normalized spacial score (nSPS) is 20.3. The van der Waals surface area contributed by atoms with E-state index in [0.717, 1.165) is 5.56 Å². The van der Waals surface area contributed by atoms with Gasteiger partial charge in [-0.05, 0) is 37.8 Å². The second-order valence-corrected chi connectivity index (χ2v) is 6.44. The first-order valence-corrected chi connectivity index (χ1v) is 8.53. The second kappa shape index (κ2) is 8.47. The number of hydrogen-bond acceptors (Lipinski definition) is 3. The standard InChI is InChI=1S/C19H24F3NO3/c1-4-6-12-9-13(10-16(25-2)17(12)26-3)18(24)23-15-8-5-7-14(11-15)19(20,21)22/h4,9-10,14-15H,1,5-8,11H2,2-3H3,(H,23,24). The lowest BCUT2D eigenvalue weighted by atomic mass is 9.85. The van der Waals surface area contributed by atoms with Crippen molar-refractivity contribution in [2.75, 3.05) is 14.2 Å². The van der Waals surface area contributed by atoms with Crippen LogP contribution < -0.4 is 14.8 Å². The van der Waals surface area contributed by atoms with Gasteiger partial charge >= 0.3 is 6.18 Å². The number of benzene rings is 1. The van der Waals surface area contributed by atoms with E-state index in [1.165, 1.54) is 20.3 Å². The fourth-order valence-electron chi connectivity index (χ4n) is 3.37. The minimum absolute atomic E-state index is 0.0813. The maximum Gasteiger partial charge on any atom is 0.391 e. The second-order valence-electron chi connectivity index (χ2n) is 6.44. The minimum atomic E-state index is -4.22. The van der Waals surface area contributed by atoms with Gasteiger partial charge in [0.2, 0.25) is 0 Å². The van der Waals surface area contributed by atoms with Crippen molar-refractivity contribution in [3.63, 3.8) is 0 Å². The summed E-state index contributed by atoms with van der Waals surface area (Å²) in [6.07, 6.45) is -1.04. The molecule has 26 heavy (non-hydrogen) atoms. The molecular formula is C19H24F3NO3. The van der Waals surface area contributed by atoms with E-state index in [-0.39, 0.29) is 12.8 Å². The van der Waals surface area contributed by atoms with E-state index >= 15 is 0 Å². The van der Waals surface area contributed by atoms with Crippen LogP contribution in [0.25, 0.3) is 0 Å². The molecule has 4 nitrogen and oxygen atoms in total. The van der Waals surface area contributed by atoms with Crippen LogP contribution in [0.15, 0.2) is 24.8 Å². The molecule has 0 radical (unpaired) electrons. The van der Waals surface area contributed by atoms with Gasteiger partial charge in [-0.2, -0.15) is 13.2 Å². The summed E-state index contributed by atoms with van der Waals surface area (Å²) >= 11 is 0. The van der Waals surface area contributed by atoms with E-state index in [1.54, 1.807) is 12.1 Å². The number of carbonyl (C=O) groups is 1. The predicted octanol–water partition coefficient (Wildman–Crippen LogP) is 4.28. The highest BCUT2D eigenvalue weighted by atomic mass is 19.4. The quantitative estimate of drug-likeness (QED) is 0.759. The molecule has 0 heterocycles. The Hall–Kier alpha value is -2.18. The summed E-state index contributed by atoms with van der Waals surface area (Å²) in [5.74, 6) is -0.861. The molecule has 0 saturated heterocycles. The van der Waals surface area contributed by atoms with Gasteiger partial charge in [0.05, 0.1) is 20.1 Å². The monoisotopic (exact) mass is 371 g/mol. The van der Waals surface area contributed by atoms with Crippen molar-refractivity contribution in [2.24, 2.45) is 5.92 Å². The molecule has 2 rings (SSSR count). The Labute approximate surface area is 151 Å². The van der Waals surface area contributed by atoms with Crippen molar-refractivity contribution in [2.45, 2.75) is 44.3 Å². The van der Waals surface area contributed by atoms with Crippen LogP contribution in [0.1, 0.15) is 41.6 Å². The summed E-state index contributed by atoms with van der Waals surface area (Å²) in [6.45, 7) is 3.68. The van der Waals surface area contributed by atoms with Gasteiger partial charge in [0.15, 0.2) is 11.5 Å². The number of carbonyl (C=O) groups excluding carboxylic acids is 1. The molecule has 0 bridgehead atoms. The molecule has 1 aromatic carbocycles. The van der Waals surface area contributed by atoms with Crippen LogP contribution in [0.2, 0.25) is 0 Å². The van der Waals surface area contributed by atoms with Gasteiger partial charge in [0.1, 0.15) is 0 Å². The fourth-order valence-corrected chi connectivity index (χ4v) is 3.37. The van der Waals surface area contributed by atoms with Crippen molar-refractivity contribution in [3.05, 3.63) is 35.9 Å². The van der Waals surface area contributed by atoms with E-state index in [9.17, 15) is 18.0 Å². The van der Waals surface area contributed by atoms with Crippen LogP contribution >= 0.6 is 0 Å². The van der Waals surface area contributed by atoms with E-state index < -0.39 is 24.0 Å². The van der Waals surface area contributed by atoms with Crippen LogP contribution in [0.3, 0.4) is 0 Å². The first kappa shape index (κ1) is 20.1. The lowest BCUT2D eigenvalue weighted by Gasteiger charge is -2.31. The number of ether oxygens (including phenoxy) is 2. The van der Waals surface area contributed by atoms with Gasteiger partial charge in [-0.15, -0.1) is 6.58 Å². The molecule has 7 heteroatoms. The summed E-state index contributed by atoms with van der Waals surface area (Å²) in [5.41, 5.74) is 1.05. The van der Waals surface area contributed by atoms with E-state index in [4.69, 9.17) is 9.47 Å². The van der Waals surface area contributed by atoms with Crippen LogP contribution in [0.5, 0.6) is 11.5 Å². The molecule has 0 aromatic heterocycles. The number of rotatable bonds is 6. The Morgan fingerprint density at radius 2 is 2.04 bits per heavy atom. The van der Waals surface area contributed by atoms with Crippen molar-refractivity contribution in [1.29, 1.82) is 0 Å². The summed E-state index contributed by atoms with van der Waals surface area (Å²) < 4.78 is 49.4. The first-order chi connectivity index (χ1) is 12.3. The Kier molecular flexibility index (Phi) is 6.56. The van der Waals surface area contributed by atoms with E-state index in [1.807, 2.05) is 0 Å². The smallest absolute Gasteiger partial charge is 0.391 e. The third kappa shape index (κ3) is 4.71. The number of nitrogens with one attached hydrogen (secondary N) is 1. The average Bonchev–Trinajstić information content (AvgIpc) is 2.60. The maximum atomic E-state index is 12.9. The Morgan fingerprint density at radius 3 is 2.62 bits per heavy atom. The number of methoxy groups -OCH3 is 2. The van der Waals surface area contributed by atoms with Crippen LogP contribution in [-0.2, 0) is 6.42 Å². The molecule has 144 valence electrons. The van der Waals surface area contributed by atoms with E-state index in [2.05, 4.69) is 11.9 Å². The molecule has 0 spiro atoms. The van der Waals surface area contributed by atoms with Gasteiger partial charge in [-0.1, -0.05) is 12.5 Å². The molecule has 1 fully saturated rings. The minimum Gasteiger partial charge on any atom is -0.493 e. The van der Waals surface area contributed by atoms with Crippen LogP contribution in [-0.4, -0.2) is 32.3 Å². The molecular weight excluding hydrogens is 347 g/mol. The molecule has 2 atom stereocenters. The Bertz CT molecular complexity index is 658. The number of alkyl halides is 3. The third-order valence-corrected chi connectivity index (χ3v) is 4.65. The summed E-state index contributed by atoms with van der Waals surface area (Å²) in [5, 5.41) is 2.73. The molecule has 0 aliphatic heterocycles. The molecule has 1 aromatic rings. The molecule has 1 saturated carbocycles. The van der Waals surface area contributed by atoms with Crippen molar-refractivity contribution >= 4 is 5.91 Å². The highest BCUT2D eigenvalue weighted by Crippen LogP contribution is 2.38. The predicted molar refractivity (Wildman–Crippen MR) is 92.7 cm³/mol. The number of halogens is 3. The van der Waals surface area contributed by atoms with Crippen LogP contribution in [0.4, 0.5) is 13.2 Å². The number of hydrogen-bond donors (Lipinski definition) is 1. The van der Waals surface area contributed by atoms with Gasteiger partial charge in [-0.3, -0.25) is 4.79 Å². The SMILES string of the molecule is C=CCc1cc(C(=O)NC2CCCC(C(F)(F)F)C2)cc(OC)c1OC. The van der Waals surface area contributed by atoms with Crippen molar-refractivity contribution in [1.82, 2.24) is 5.32 Å². The van der Waals surface area contributed by atoms with E-state index in [0.29, 0.717) is 36.3 Å². The highest BCUT2D eigenvalue weighted by Gasteiger charge is 2.42. The lowest BCUT2D eigenvalue weighted by molar-refractivity contribution is -0.183. The average molecular weight is 371 g/mol. The zero-order valence-electron chi connectivity index (χ0n) is 15.0. The van der Waals surface area contributed by atoms with Gasteiger partial charge < -0.3 is 14.8 Å². The molecule has 1 aliphatic rings. The first-order valence-electron chi connectivity index (χ1n) is 8.53. The van der Waals surface area contributed by atoms with Gasteiger partial charge in [0.25, 0.3) is 5.91 Å². The summed E-state index contributed by atoms with van der Waals surface area (Å²) in [6, 6.07) is 2.70. The number of amides is 1. The Morgan fingerprint density at radius 1 is 1.31 bits per heavy atom. The topological polar surface area (TPSA) is 47.6 Å². The van der Waals surface area contributed by atoms with Gasteiger partial charge in [-0.25, -0.2) is 0 Å². The molecule has 1 amide bonds. The molecule has 1 N–H and O–H groups in total. The Balaban J connectivity index is 2.18. The fraction of sp³-hybridized carbons (Fsp3) is 0.526.